The van der Waals surface area contributed by atoms with E-state index in [0.717, 1.165) is 5.39 Å². The zero-order valence-electron chi connectivity index (χ0n) is 25.2. The molecule has 4 aromatic rings. The minimum Gasteiger partial charge on any atom is -0.496 e. The fourth-order valence-corrected chi connectivity index (χ4v) is 6.41. The zero-order valence-corrected chi connectivity index (χ0v) is 26.0. The van der Waals surface area contributed by atoms with E-state index in [9.17, 15) is 23.5 Å². The number of aromatic nitrogens is 2. The van der Waals surface area contributed by atoms with Crippen LogP contribution in [0.5, 0.6) is 11.5 Å². The van der Waals surface area contributed by atoms with Crippen LogP contribution in [0.1, 0.15) is 54.2 Å². The molecule has 0 unspecified atom stereocenters. The van der Waals surface area contributed by atoms with Crippen molar-refractivity contribution in [1.82, 2.24) is 10.3 Å². The Labute approximate surface area is 268 Å². The summed E-state index contributed by atoms with van der Waals surface area (Å²) in [5, 5.41) is 16.2. The Bertz CT molecular complexity index is 1950. The van der Waals surface area contributed by atoms with E-state index in [1.54, 1.807) is 49.6 Å². The summed E-state index contributed by atoms with van der Waals surface area (Å²) in [6.45, 7) is 1.33. The van der Waals surface area contributed by atoms with Gasteiger partial charge >= 0.3 is 5.79 Å². The van der Waals surface area contributed by atoms with Crippen molar-refractivity contribution in [3.8, 4) is 22.8 Å². The first-order chi connectivity index (χ1) is 21.9. The predicted molar refractivity (Wildman–Crippen MR) is 165 cm³/mol. The molecule has 46 heavy (non-hydrogen) atoms. The minimum atomic E-state index is -1.67. The number of hydrogen-bond donors (Lipinski definition) is 3. The van der Waals surface area contributed by atoms with Gasteiger partial charge in [-0.25, -0.2) is 9.37 Å². The second kappa shape index (κ2) is 10.6. The highest BCUT2D eigenvalue weighted by Crippen LogP contribution is 2.50. The van der Waals surface area contributed by atoms with Crippen LogP contribution in [0.4, 0.5) is 8.78 Å². The first-order valence-electron chi connectivity index (χ1n) is 15.0. The van der Waals surface area contributed by atoms with Gasteiger partial charge in [-0.1, -0.05) is 23.7 Å². The number of carbonyl (C=O) groups excluding carboxylic acids is 2. The second-order valence-corrected chi connectivity index (χ2v) is 13.0. The third-order valence-electron chi connectivity index (χ3n) is 9.50. The largest absolute Gasteiger partial charge is 0.496 e. The summed E-state index contributed by atoms with van der Waals surface area (Å²) in [6, 6.07) is 10.8. The first kappa shape index (κ1) is 30.3. The number of hydrogen-bond acceptors (Lipinski definition) is 6. The number of nitrogens with two attached hydrogens (primary N) is 1. The molecule has 0 saturated heterocycles. The molecular weight excluding hydrogens is 618 g/mol. The molecular formula is C34H32ClF2N4O5+. The Morgan fingerprint density at radius 2 is 2.02 bits per heavy atom. The molecule has 2 aromatic heterocycles. The van der Waals surface area contributed by atoms with E-state index in [1.165, 1.54) is 23.8 Å². The lowest BCUT2D eigenvalue weighted by molar-refractivity contribution is -0.764. The van der Waals surface area contributed by atoms with Crippen LogP contribution in [0.25, 0.3) is 22.0 Å². The van der Waals surface area contributed by atoms with E-state index < -0.39 is 34.4 Å². The van der Waals surface area contributed by atoms with Crippen LogP contribution < -0.4 is 25.1 Å². The number of carbonyl (C=O) groups is 2. The number of benzene rings is 2. The fraction of sp³-hybridized carbons (Fsp3) is 0.353. The van der Waals surface area contributed by atoms with Crippen molar-refractivity contribution in [2.24, 2.45) is 11.7 Å². The summed E-state index contributed by atoms with van der Waals surface area (Å²) in [5.41, 5.74) is 4.06. The fourth-order valence-electron chi connectivity index (χ4n) is 6.19. The van der Waals surface area contributed by atoms with Crippen molar-refractivity contribution in [1.29, 1.82) is 0 Å². The van der Waals surface area contributed by atoms with Gasteiger partial charge in [0.2, 0.25) is 5.91 Å². The summed E-state index contributed by atoms with van der Waals surface area (Å²) in [4.78, 5) is 31.0. The standard InChI is InChI=1S/C34H31ClF2N4O5/c1-32(31(38)43)17-46-29-23(32)14-26(40-28(29)22-4-3-5-24(36)27(22)35)34(44,20-6-7-20)16-39-30(42)18-12-19-15-41(33(37)9-10-33)11-8-21(19)25(13-18)45-2/h3-5,8,11-15,20,44H,6-7,9-10,16-17H2,1-2H3,(H2-,38,39,42,43)/p+1/t32-,34+/m0/s1. The van der Waals surface area contributed by atoms with Crippen molar-refractivity contribution in [2.75, 3.05) is 20.3 Å². The smallest absolute Gasteiger partial charge is 0.309 e. The third kappa shape index (κ3) is 4.84. The molecule has 12 heteroatoms. The number of methoxy groups -OCH3 is 1. The molecule has 4 N–H and O–H groups in total. The quantitative estimate of drug-likeness (QED) is 0.228. The second-order valence-electron chi connectivity index (χ2n) is 12.7. The molecule has 0 spiro atoms. The summed E-state index contributed by atoms with van der Waals surface area (Å²) in [6.07, 6.45) is 5.51. The average Bonchev–Trinajstić information content (AvgIpc) is 3.99. The molecule has 2 amide bonds. The Hall–Kier alpha value is -4.35. The number of nitrogens with zero attached hydrogens (tertiary/aromatic N) is 2. The molecule has 2 atom stereocenters. The summed E-state index contributed by atoms with van der Waals surface area (Å²) < 4.78 is 42.4. The van der Waals surface area contributed by atoms with E-state index in [0.29, 0.717) is 42.4 Å². The molecule has 1 aliphatic heterocycles. The van der Waals surface area contributed by atoms with E-state index in [-0.39, 0.29) is 52.4 Å². The van der Waals surface area contributed by atoms with E-state index in [4.69, 9.17) is 31.8 Å². The van der Waals surface area contributed by atoms with Gasteiger partial charge in [0, 0.05) is 28.1 Å². The number of amides is 2. The maximum atomic E-state index is 14.8. The summed E-state index contributed by atoms with van der Waals surface area (Å²) in [7, 11) is 1.49. The molecule has 0 bridgehead atoms. The van der Waals surface area contributed by atoms with Crippen molar-refractivity contribution >= 4 is 34.2 Å². The lowest BCUT2D eigenvalue weighted by atomic mass is 9.81. The predicted octanol–water partition coefficient (Wildman–Crippen LogP) is 4.57. The van der Waals surface area contributed by atoms with Crippen LogP contribution in [0.2, 0.25) is 5.02 Å². The van der Waals surface area contributed by atoms with Crippen LogP contribution in [0, 0.1) is 11.7 Å². The Balaban J connectivity index is 1.27. The van der Waals surface area contributed by atoms with Gasteiger partial charge in [0.15, 0.2) is 12.4 Å². The van der Waals surface area contributed by atoms with E-state index in [1.807, 2.05) is 0 Å². The van der Waals surface area contributed by atoms with Gasteiger partial charge < -0.3 is 25.6 Å². The van der Waals surface area contributed by atoms with Crippen LogP contribution in [0.3, 0.4) is 0 Å². The van der Waals surface area contributed by atoms with Gasteiger partial charge in [-0.3, -0.25) is 9.59 Å². The molecule has 2 saturated carbocycles. The van der Waals surface area contributed by atoms with E-state index in [2.05, 4.69) is 5.32 Å². The number of halogens is 3. The Kier molecular flexibility index (Phi) is 6.98. The molecule has 2 aromatic carbocycles. The number of pyridine rings is 2. The Morgan fingerprint density at radius 1 is 1.26 bits per heavy atom. The van der Waals surface area contributed by atoms with Crippen molar-refractivity contribution in [3.63, 3.8) is 0 Å². The van der Waals surface area contributed by atoms with Gasteiger partial charge in [0.25, 0.3) is 5.91 Å². The molecule has 9 nitrogen and oxygen atoms in total. The summed E-state index contributed by atoms with van der Waals surface area (Å²) >= 11 is 6.37. The first-order valence-corrected chi connectivity index (χ1v) is 15.4. The third-order valence-corrected chi connectivity index (χ3v) is 9.88. The molecule has 3 heterocycles. The monoisotopic (exact) mass is 649 g/mol. The van der Waals surface area contributed by atoms with Gasteiger partial charge in [-0.05, 0) is 49.9 Å². The average molecular weight is 650 g/mol. The number of primary amides is 1. The number of nitrogens with one attached hydrogen (secondary N) is 1. The number of alkyl halides is 1. The molecule has 2 aliphatic carbocycles. The van der Waals surface area contributed by atoms with Crippen LogP contribution >= 0.6 is 11.6 Å². The maximum Gasteiger partial charge on any atom is 0.309 e. The van der Waals surface area contributed by atoms with Crippen molar-refractivity contribution < 1.29 is 37.5 Å². The van der Waals surface area contributed by atoms with Gasteiger partial charge in [-0.15, -0.1) is 0 Å². The van der Waals surface area contributed by atoms with Crippen LogP contribution in [-0.2, 0) is 21.6 Å². The van der Waals surface area contributed by atoms with Crippen molar-refractivity contribution in [3.05, 3.63) is 82.5 Å². The number of fused-ring (bicyclic) bond motifs is 2. The summed E-state index contributed by atoms with van der Waals surface area (Å²) in [5.74, 6) is -2.82. The normalized spacial score (nSPS) is 20.8. The van der Waals surface area contributed by atoms with Gasteiger partial charge in [-0.2, -0.15) is 8.96 Å². The number of rotatable bonds is 9. The van der Waals surface area contributed by atoms with E-state index >= 15 is 0 Å². The molecule has 0 radical (unpaired) electrons. The van der Waals surface area contributed by atoms with Gasteiger partial charge in [0.1, 0.15) is 40.6 Å². The maximum absolute atomic E-state index is 14.8. The highest BCUT2D eigenvalue weighted by atomic mass is 35.5. The van der Waals surface area contributed by atoms with Gasteiger partial charge in [0.05, 0.1) is 42.6 Å². The van der Waals surface area contributed by atoms with Crippen LogP contribution in [0.15, 0.2) is 54.9 Å². The lowest BCUT2D eigenvalue weighted by Gasteiger charge is -2.30. The number of ether oxygens (including phenoxy) is 2. The molecule has 7 rings (SSSR count). The molecule has 238 valence electrons. The molecule has 3 aliphatic rings. The topological polar surface area (TPSA) is 128 Å². The number of aliphatic hydroxyl groups is 1. The zero-order chi connectivity index (χ0) is 32.6. The highest BCUT2D eigenvalue weighted by molar-refractivity contribution is 6.33. The van der Waals surface area contributed by atoms with Crippen molar-refractivity contribution in [2.45, 2.75) is 49.4 Å². The Morgan fingerprint density at radius 3 is 2.70 bits per heavy atom. The SMILES string of the molecule is COc1cc(C(=O)NC[C@](O)(c2cc3c(c(-c4cccc(F)c4Cl)n2)OC[C@]3(C)C(N)=O)C2CC2)cc2c[n+](C3(F)CC3)ccc12. The highest BCUT2D eigenvalue weighted by Gasteiger charge is 2.54. The minimum absolute atomic E-state index is 0.0748. The van der Waals surface area contributed by atoms with Crippen LogP contribution in [-0.4, -0.2) is 42.2 Å². The molecule has 2 fully saturated rings. The lowest BCUT2D eigenvalue weighted by Crippen LogP contribution is -2.44.